The normalized spacial score (nSPS) is 19.0. The number of halogens is 2. The number of carboxylic acids is 1. The SMILES string of the molecule is CCOc1c(Br)cc(/C=N\N=C2\NC(=O)[C@@H](CC(=O)O)S2)cc1Br. The van der Waals surface area contributed by atoms with Gasteiger partial charge in [0.05, 0.1) is 28.2 Å². The van der Waals surface area contributed by atoms with E-state index in [1.54, 1.807) is 0 Å². The number of carbonyl (C=O) groups excluding carboxylic acids is 1. The molecule has 0 radical (unpaired) electrons. The quantitative estimate of drug-likeness (QED) is 0.483. The van der Waals surface area contributed by atoms with Gasteiger partial charge in [0, 0.05) is 0 Å². The van der Waals surface area contributed by atoms with Gasteiger partial charge in [0.25, 0.3) is 0 Å². The number of ether oxygens (including phenoxy) is 1. The van der Waals surface area contributed by atoms with Crippen LogP contribution in [0.3, 0.4) is 0 Å². The number of hydrogen-bond donors (Lipinski definition) is 2. The Morgan fingerprint density at radius 3 is 2.71 bits per heavy atom. The summed E-state index contributed by atoms with van der Waals surface area (Å²) in [5, 5.41) is 18.7. The number of rotatable bonds is 6. The van der Waals surface area contributed by atoms with E-state index in [0.717, 1.165) is 26.3 Å². The van der Waals surface area contributed by atoms with E-state index in [-0.39, 0.29) is 17.5 Å². The smallest absolute Gasteiger partial charge is 0.305 e. The minimum atomic E-state index is -1.03. The van der Waals surface area contributed by atoms with E-state index in [2.05, 4.69) is 47.4 Å². The first-order valence-corrected chi connectivity index (χ1v) is 9.29. The molecule has 7 nitrogen and oxygen atoms in total. The summed E-state index contributed by atoms with van der Waals surface area (Å²) in [5.74, 6) is -0.699. The Labute approximate surface area is 159 Å². The highest BCUT2D eigenvalue weighted by Crippen LogP contribution is 2.34. The van der Waals surface area contributed by atoms with Crippen molar-refractivity contribution in [2.45, 2.75) is 18.6 Å². The number of thioether (sulfide) groups is 1. The Morgan fingerprint density at radius 2 is 2.12 bits per heavy atom. The average molecular weight is 479 g/mol. The van der Waals surface area contributed by atoms with Crippen molar-refractivity contribution in [1.29, 1.82) is 0 Å². The van der Waals surface area contributed by atoms with Crippen LogP contribution in [0.4, 0.5) is 0 Å². The number of amidine groups is 1. The van der Waals surface area contributed by atoms with E-state index in [1.165, 1.54) is 6.21 Å². The molecule has 1 fully saturated rings. The molecule has 24 heavy (non-hydrogen) atoms. The number of hydrogen-bond acceptors (Lipinski definition) is 6. The standard InChI is InChI=1S/C14H13Br2N3O4S/c1-2-23-12-8(15)3-7(4-9(12)16)6-17-19-14-18-13(22)10(24-14)5-11(20)21/h3-4,6,10H,2,5H2,1H3,(H,20,21)(H,18,19,22)/b17-6-/t10-/m1/s1. The van der Waals surface area contributed by atoms with E-state index in [0.29, 0.717) is 12.4 Å². The maximum absolute atomic E-state index is 11.6. The van der Waals surface area contributed by atoms with Gasteiger partial charge in [0.1, 0.15) is 11.0 Å². The molecule has 1 amide bonds. The van der Waals surface area contributed by atoms with Crippen LogP contribution in [0, 0.1) is 0 Å². The van der Waals surface area contributed by atoms with E-state index < -0.39 is 11.2 Å². The van der Waals surface area contributed by atoms with Gasteiger partial charge < -0.3 is 15.2 Å². The maximum Gasteiger partial charge on any atom is 0.305 e. The summed E-state index contributed by atoms with van der Waals surface area (Å²) in [7, 11) is 0. The number of benzene rings is 1. The predicted octanol–water partition coefficient (Wildman–Crippen LogP) is 3.01. The van der Waals surface area contributed by atoms with Crippen LogP contribution >= 0.6 is 43.6 Å². The van der Waals surface area contributed by atoms with Crippen molar-refractivity contribution in [3.63, 3.8) is 0 Å². The molecule has 0 aliphatic carbocycles. The largest absolute Gasteiger partial charge is 0.492 e. The lowest BCUT2D eigenvalue weighted by Gasteiger charge is -2.08. The third-order valence-corrected chi connectivity index (χ3v) is 5.05. The van der Waals surface area contributed by atoms with Crippen LogP contribution in [0.15, 0.2) is 31.3 Å². The summed E-state index contributed by atoms with van der Waals surface area (Å²) in [6.07, 6.45) is 1.27. The first-order valence-electron chi connectivity index (χ1n) is 6.83. The molecule has 1 aromatic rings. The van der Waals surface area contributed by atoms with Gasteiger partial charge in [-0.25, -0.2) is 0 Å². The van der Waals surface area contributed by atoms with Crippen LogP contribution in [0.5, 0.6) is 5.75 Å². The van der Waals surface area contributed by atoms with Gasteiger partial charge in [-0.3, -0.25) is 9.59 Å². The molecule has 1 atom stereocenters. The van der Waals surface area contributed by atoms with Crippen molar-refractivity contribution >= 4 is 66.9 Å². The summed E-state index contributed by atoms with van der Waals surface area (Å²) in [5.41, 5.74) is 0.776. The lowest BCUT2D eigenvalue weighted by atomic mass is 10.2. The number of carboxylic acid groups (broad SMARTS) is 1. The highest BCUT2D eigenvalue weighted by molar-refractivity contribution is 9.11. The fourth-order valence-electron chi connectivity index (χ4n) is 1.83. The van der Waals surface area contributed by atoms with Crippen LogP contribution < -0.4 is 10.1 Å². The molecular formula is C14H13Br2N3O4S. The Kier molecular flexibility index (Phi) is 6.81. The molecule has 0 saturated carbocycles. The summed E-state index contributed by atoms with van der Waals surface area (Å²) in [6.45, 7) is 2.45. The van der Waals surface area contributed by atoms with Gasteiger partial charge in [-0.05, 0) is 56.5 Å². The van der Waals surface area contributed by atoms with E-state index in [1.807, 2.05) is 19.1 Å². The maximum atomic E-state index is 11.6. The number of aliphatic carboxylic acids is 1. The third kappa shape index (κ3) is 5.05. The van der Waals surface area contributed by atoms with Crippen LogP contribution in [0.1, 0.15) is 18.9 Å². The zero-order chi connectivity index (χ0) is 17.7. The molecule has 2 N–H and O–H groups in total. The molecule has 2 rings (SSSR count). The van der Waals surface area contributed by atoms with Crippen LogP contribution in [-0.2, 0) is 9.59 Å². The van der Waals surface area contributed by atoms with Crippen molar-refractivity contribution in [2.24, 2.45) is 10.2 Å². The Balaban J connectivity index is 2.07. The van der Waals surface area contributed by atoms with Gasteiger partial charge in [-0.1, -0.05) is 11.8 Å². The zero-order valence-electron chi connectivity index (χ0n) is 12.5. The zero-order valence-corrected chi connectivity index (χ0v) is 16.4. The molecule has 1 aliphatic heterocycles. The van der Waals surface area contributed by atoms with Crippen molar-refractivity contribution in [1.82, 2.24) is 5.32 Å². The van der Waals surface area contributed by atoms with Crippen LogP contribution in [0.25, 0.3) is 0 Å². The molecule has 10 heteroatoms. The highest BCUT2D eigenvalue weighted by atomic mass is 79.9. The Bertz CT molecular complexity index is 701. The second-order valence-electron chi connectivity index (χ2n) is 4.59. The van der Waals surface area contributed by atoms with Gasteiger partial charge in [0.15, 0.2) is 5.17 Å². The van der Waals surface area contributed by atoms with Gasteiger partial charge >= 0.3 is 5.97 Å². The van der Waals surface area contributed by atoms with E-state index in [9.17, 15) is 9.59 Å². The van der Waals surface area contributed by atoms with Gasteiger partial charge in [-0.15, -0.1) is 5.10 Å². The molecule has 1 saturated heterocycles. The minimum Gasteiger partial charge on any atom is -0.492 e. The molecule has 1 aromatic carbocycles. The third-order valence-electron chi connectivity index (χ3n) is 2.80. The molecular weight excluding hydrogens is 466 g/mol. The van der Waals surface area contributed by atoms with Crippen LogP contribution in [-0.4, -0.2) is 40.2 Å². The van der Waals surface area contributed by atoms with E-state index in [4.69, 9.17) is 9.84 Å². The second kappa shape index (κ2) is 8.63. The summed E-state index contributed by atoms with van der Waals surface area (Å²) >= 11 is 7.91. The molecule has 0 unspecified atom stereocenters. The Hall–Kier alpha value is -1.39. The molecule has 1 aliphatic rings. The molecule has 1 heterocycles. The van der Waals surface area contributed by atoms with Gasteiger partial charge in [-0.2, -0.15) is 5.10 Å². The molecule has 0 aromatic heterocycles. The number of nitrogens with zero attached hydrogens (tertiary/aromatic N) is 2. The first kappa shape index (κ1) is 18.9. The number of amides is 1. The monoisotopic (exact) mass is 477 g/mol. The first-order chi connectivity index (χ1) is 11.4. The van der Waals surface area contributed by atoms with Crippen molar-refractivity contribution in [2.75, 3.05) is 6.61 Å². The lowest BCUT2D eigenvalue weighted by Crippen LogP contribution is -2.26. The Morgan fingerprint density at radius 1 is 1.46 bits per heavy atom. The number of carbonyl (C=O) groups is 2. The number of nitrogens with one attached hydrogen (secondary N) is 1. The molecule has 128 valence electrons. The average Bonchev–Trinajstić information content (AvgIpc) is 2.82. The van der Waals surface area contributed by atoms with E-state index >= 15 is 0 Å². The molecule has 0 bridgehead atoms. The summed E-state index contributed by atoms with van der Waals surface area (Å²) < 4.78 is 7.05. The van der Waals surface area contributed by atoms with Crippen molar-refractivity contribution in [3.05, 3.63) is 26.6 Å². The van der Waals surface area contributed by atoms with Gasteiger partial charge in [0.2, 0.25) is 5.91 Å². The van der Waals surface area contributed by atoms with Crippen molar-refractivity contribution < 1.29 is 19.4 Å². The van der Waals surface area contributed by atoms with Crippen molar-refractivity contribution in [3.8, 4) is 5.75 Å². The lowest BCUT2D eigenvalue weighted by molar-refractivity contribution is -0.138. The molecule has 0 spiro atoms. The fourth-order valence-corrected chi connectivity index (χ4v) is 4.20. The summed E-state index contributed by atoms with van der Waals surface area (Å²) in [4.78, 5) is 22.2. The minimum absolute atomic E-state index is 0.252. The summed E-state index contributed by atoms with van der Waals surface area (Å²) in [6, 6.07) is 3.65. The second-order valence-corrected chi connectivity index (χ2v) is 7.49. The predicted molar refractivity (Wildman–Crippen MR) is 99.8 cm³/mol. The highest BCUT2D eigenvalue weighted by Gasteiger charge is 2.32. The fraction of sp³-hybridized carbons (Fsp3) is 0.286. The van der Waals surface area contributed by atoms with Crippen LogP contribution in [0.2, 0.25) is 0 Å². The topological polar surface area (TPSA) is 100 Å².